The molecule has 1 saturated heterocycles. The molecule has 1 N–H and O–H groups in total. The average Bonchev–Trinajstić information content (AvgIpc) is 3.32. The van der Waals surface area contributed by atoms with Gasteiger partial charge in [-0.25, -0.2) is 27.1 Å². The number of halogens is 2. The first-order valence-electron chi connectivity index (χ1n) is 9.87. The molecule has 0 aliphatic carbocycles. The summed E-state index contributed by atoms with van der Waals surface area (Å²) in [6.45, 7) is 4.42. The van der Waals surface area contributed by atoms with Gasteiger partial charge in [-0.15, -0.1) is 0 Å². The molecule has 4 heterocycles. The van der Waals surface area contributed by atoms with E-state index in [1.807, 2.05) is 6.92 Å². The molecule has 0 unspecified atom stereocenters. The molecular formula is C19H22ClFN6O3S. The maximum atomic E-state index is 13.1. The number of H-pyrrole nitrogens is 1. The van der Waals surface area contributed by atoms with E-state index in [1.54, 1.807) is 6.92 Å². The van der Waals surface area contributed by atoms with Crippen molar-refractivity contribution in [3.05, 3.63) is 46.7 Å². The molecule has 0 amide bonds. The SMILES string of the molecule is Cc1noc(CCS(=O)(=O)N2CC[C@@H](c3[nH]c(-c4ccc(F)cn4)nc3Cl)[C@@H](C)C2)n1. The van der Waals surface area contributed by atoms with Gasteiger partial charge in [0.1, 0.15) is 11.5 Å². The maximum Gasteiger partial charge on any atom is 0.227 e. The third kappa shape index (κ3) is 4.78. The van der Waals surface area contributed by atoms with Crippen molar-refractivity contribution in [1.29, 1.82) is 0 Å². The lowest BCUT2D eigenvalue weighted by molar-refractivity contribution is 0.246. The molecule has 0 radical (unpaired) electrons. The van der Waals surface area contributed by atoms with E-state index >= 15 is 0 Å². The first-order chi connectivity index (χ1) is 14.7. The number of sulfonamides is 1. The Labute approximate surface area is 184 Å². The Hall–Kier alpha value is -2.37. The molecule has 1 fully saturated rings. The summed E-state index contributed by atoms with van der Waals surface area (Å²) in [4.78, 5) is 15.6. The van der Waals surface area contributed by atoms with Gasteiger partial charge in [0.25, 0.3) is 0 Å². The highest BCUT2D eigenvalue weighted by Crippen LogP contribution is 2.37. The lowest BCUT2D eigenvalue weighted by Crippen LogP contribution is -2.43. The summed E-state index contributed by atoms with van der Waals surface area (Å²) in [5.41, 5.74) is 1.23. The summed E-state index contributed by atoms with van der Waals surface area (Å²) in [5.74, 6) is 0.760. The van der Waals surface area contributed by atoms with Crippen LogP contribution >= 0.6 is 11.6 Å². The van der Waals surface area contributed by atoms with Crippen LogP contribution in [0.4, 0.5) is 4.39 Å². The van der Waals surface area contributed by atoms with Crippen molar-refractivity contribution < 1.29 is 17.3 Å². The van der Waals surface area contributed by atoms with E-state index in [1.165, 1.54) is 16.4 Å². The summed E-state index contributed by atoms with van der Waals surface area (Å²) >= 11 is 6.37. The van der Waals surface area contributed by atoms with E-state index in [-0.39, 0.29) is 24.0 Å². The number of aromatic amines is 1. The molecule has 3 aromatic heterocycles. The monoisotopic (exact) mass is 468 g/mol. The van der Waals surface area contributed by atoms with Crippen LogP contribution in [0.5, 0.6) is 0 Å². The summed E-state index contributed by atoms with van der Waals surface area (Å²) in [6.07, 6.45) is 1.89. The number of hydrogen-bond donors (Lipinski definition) is 1. The number of pyridine rings is 1. The van der Waals surface area contributed by atoms with Crippen molar-refractivity contribution in [3.8, 4) is 11.5 Å². The quantitative estimate of drug-likeness (QED) is 0.590. The fourth-order valence-electron chi connectivity index (χ4n) is 3.82. The van der Waals surface area contributed by atoms with Crippen LogP contribution in [0.15, 0.2) is 22.9 Å². The molecule has 0 bridgehead atoms. The van der Waals surface area contributed by atoms with Crippen LogP contribution in [0.1, 0.15) is 36.7 Å². The molecular weight excluding hydrogens is 447 g/mol. The second-order valence-corrected chi connectivity index (χ2v) is 10.1. The van der Waals surface area contributed by atoms with Crippen molar-refractivity contribution in [1.82, 2.24) is 29.4 Å². The van der Waals surface area contributed by atoms with Gasteiger partial charge in [0, 0.05) is 25.4 Å². The average molecular weight is 469 g/mol. The lowest BCUT2D eigenvalue weighted by atomic mass is 9.86. The zero-order valence-electron chi connectivity index (χ0n) is 17.0. The lowest BCUT2D eigenvalue weighted by Gasteiger charge is -2.35. The van der Waals surface area contributed by atoms with Crippen molar-refractivity contribution in [2.45, 2.75) is 32.6 Å². The predicted molar refractivity (Wildman–Crippen MR) is 111 cm³/mol. The van der Waals surface area contributed by atoms with Gasteiger partial charge in [-0.05, 0) is 31.4 Å². The van der Waals surface area contributed by atoms with Gasteiger partial charge >= 0.3 is 0 Å². The first kappa shape index (κ1) is 21.8. The van der Waals surface area contributed by atoms with Gasteiger partial charge in [0.05, 0.1) is 17.6 Å². The third-order valence-corrected chi connectivity index (χ3v) is 7.56. The Morgan fingerprint density at radius 2 is 2.16 bits per heavy atom. The minimum Gasteiger partial charge on any atom is -0.339 e. The molecule has 0 spiro atoms. The van der Waals surface area contributed by atoms with Crippen LogP contribution in [0.2, 0.25) is 5.15 Å². The topological polar surface area (TPSA) is 118 Å². The Bertz CT molecular complexity index is 1160. The summed E-state index contributed by atoms with van der Waals surface area (Å²) in [6, 6.07) is 2.83. The first-order valence-corrected chi connectivity index (χ1v) is 11.9. The van der Waals surface area contributed by atoms with E-state index in [0.717, 1.165) is 11.9 Å². The number of nitrogens with zero attached hydrogens (tertiary/aromatic N) is 5. The number of aryl methyl sites for hydroxylation is 2. The van der Waals surface area contributed by atoms with Crippen LogP contribution in [0.3, 0.4) is 0 Å². The van der Waals surface area contributed by atoms with Gasteiger partial charge in [-0.2, -0.15) is 4.98 Å². The smallest absolute Gasteiger partial charge is 0.227 e. The van der Waals surface area contributed by atoms with E-state index < -0.39 is 15.8 Å². The normalized spacial score (nSPS) is 20.3. The van der Waals surface area contributed by atoms with Crippen molar-refractivity contribution in [2.24, 2.45) is 5.92 Å². The third-order valence-electron chi connectivity index (χ3n) is 5.43. The Morgan fingerprint density at radius 1 is 1.35 bits per heavy atom. The number of nitrogens with one attached hydrogen (secondary N) is 1. The standard InChI is InChI=1S/C19H22ClFN6O3S/c1-11-10-27(31(28,29)8-6-16-23-12(2)26-30-16)7-5-14(11)17-18(20)25-19(24-17)15-4-3-13(21)9-22-15/h3-4,9,11,14H,5-8,10H2,1-2H3,(H,24,25)/t11-,14+/m0/s1. The second-order valence-electron chi connectivity index (χ2n) is 7.68. The fourth-order valence-corrected chi connectivity index (χ4v) is 5.63. The molecule has 166 valence electrons. The van der Waals surface area contributed by atoms with E-state index in [9.17, 15) is 12.8 Å². The highest BCUT2D eigenvalue weighted by molar-refractivity contribution is 7.89. The van der Waals surface area contributed by atoms with Crippen LogP contribution in [0, 0.1) is 18.7 Å². The van der Waals surface area contributed by atoms with Crippen LogP contribution < -0.4 is 0 Å². The Morgan fingerprint density at radius 3 is 2.81 bits per heavy atom. The van der Waals surface area contributed by atoms with Crippen molar-refractivity contribution in [2.75, 3.05) is 18.8 Å². The number of hydrogen-bond acceptors (Lipinski definition) is 7. The number of imidazole rings is 1. The minimum absolute atomic E-state index is 0.0132. The van der Waals surface area contributed by atoms with Gasteiger partial charge in [0.2, 0.25) is 15.9 Å². The second kappa shape index (κ2) is 8.64. The molecule has 0 saturated carbocycles. The molecule has 3 aromatic rings. The molecule has 31 heavy (non-hydrogen) atoms. The maximum absolute atomic E-state index is 13.1. The summed E-state index contributed by atoms with van der Waals surface area (Å²) in [5, 5.41) is 4.00. The van der Waals surface area contributed by atoms with Gasteiger partial charge in [-0.3, -0.25) is 0 Å². The van der Waals surface area contributed by atoms with Crippen molar-refractivity contribution in [3.63, 3.8) is 0 Å². The number of aromatic nitrogens is 5. The van der Waals surface area contributed by atoms with Crippen LogP contribution in [0.25, 0.3) is 11.5 Å². The largest absolute Gasteiger partial charge is 0.339 e. The van der Waals surface area contributed by atoms with Crippen LogP contribution in [-0.4, -0.2) is 56.7 Å². The predicted octanol–water partition coefficient (Wildman–Crippen LogP) is 2.95. The van der Waals surface area contributed by atoms with Crippen LogP contribution in [-0.2, 0) is 16.4 Å². The van der Waals surface area contributed by atoms with E-state index in [0.29, 0.717) is 47.9 Å². The van der Waals surface area contributed by atoms with Gasteiger partial charge < -0.3 is 9.51 Å². The summed E-state index contributed by atoms with van der Waals surface area (Å²) in [7, 11) is -3.46. The minimum atomic E-state index is -3.46. The van der Waals surface area contributed by atoms with Gasteiger partial charge in [0.15, 0.2) is 16.8 Å². The molecule has 4 rings (SSSR count). The number of rotatable bonds is 6. The number of piperidine rings is 1. The zero-order valence-corrected chi connectivity index (χ0v) is 18.6. The Balaban J connectivity index is 1.44. The van der Waals surface area contributed by atoms with E-state index in [4.69, 9.17) is 16.1 Å². The van der Waals surface area contributed by atoms with Gasteiger partial charge in [-0.1, -0.05) is 23.7 Å². The van der Waals surface area contributed by atoms with Crippen molar-refractivity contribution >= 4 is 21.6 Å². The molecule has 2 atom stereocenters. The molecule has 12 heteroatoms. The molecule has 9 nitrogen and oxygen atoms in total. The molecule has 1 aliphatic rings. The molecule has 1 aliphatic heterocycles. The fraction of sp³-hybridized carbons (Fsp3) is 0.474. The summed E-state index contributed by atoms with van der Waals surface area (Å²) < 4.78 is 45.2. The highest BCUT2D eigenvalue weighted by atomic mass is 35.5. The Kier molecular flexibility index (Phi) is 6.09. The highest BCUT2D eigenvalue weighted by Gasteiger charge is 2.35. The zero-order chi connectivity index (χ0) is 22.2. The molecule has 0 aromatic carbocycles. The van der Waals surface area contributed by atoms with E-state index in [2.05, 4.69) is 25.1 Å².